The zero-order valence-corrected chi connectivity index (χ0v) is 14.9. The Labute approximate surface area is 146 Å². The third kappa shape index (κ3) is 2.90. The molecule has 3 rings (SSSR count). The average molecular weight is 423 g/mol. The first kappa shape index (κ1) is 15.5. The van der Waals surface area contributed by atoms with Crippen molar-refractivity contribution in [3.05, 3.63) is 82.2 Å². The molecule has 1 unspecified atom stereocenters. The van der Waals surface area contributed by atoms with E-state index in [1.165, 1.54) is 6.07 Å². The number of nitrogens with one attached hydrogen (secondary N) is 1. The molecule has 0 aromatic heterocycles. The highest BCUT2D eigenvalue weighted by molar-refractivity contribution is 9.10. The summed E-state index contributed by atoms with van der Waals surface area (Å²) >= 11 is 7.09. The lowest BCUT2D eigenvalue weighted by Crippen LogP contribution is -2.26. The molecule has 4 heteroatoms. The Morgan fingerprint density at radius 1 is 1.09 bits per heavy atom. The van der Waals surface area contributed by atoms with Crippen LogP contribution < -0.4 is 5.32 Å². The van der Waals surface area contributed by atoms with Gasteiger partial charge in [-0.25, -0.2) is 4.39 Å². The summed E-state index contributed by atoms with van der Waals surface area (Å²) < 4.78 is 15.1. The summed E-state index contributed by atoms with van der Waals surface area (Å²) in [6, 6.07) is 15.0. The van der Waals surface area contributed by atoms with Crippen molar-refractivity contribution in [3.8, 4) is 0 Å². The van der Waals surface area contributed by atoms with Crippen LogP contribution in [0.25, 0.3) is 11.3 Å². The number of hydrogen-bond acceptors (Lipinski definition) is 1. The van der Waals surface area contributed by atoms with Gasteiger partial charge < -0.3 is 5.32 Å². The smallest absolute Gasteiger partial charge is 0.133 e. The SMILES string of the molecule is C=C1NC(c2c(F)cccc2Br)=C(c2ccccc2)CC1Br. The molecule has 1 aliphatic rings. The summed E-state index contributed by atoms with van der Waals surface area (Å²) in [4.78, 5) is 0.122. The molecule has 0 fully saturated rings. The van der Waals surface area contributed by atoms with Crippen molar-refractivity contribution < 1.29 is 4.39 Å². The fraction of sp³-hybridized carbons (Fsp3) is 0.111. The van der Waals surface area contributed by atoms with Gasteiger partial charge in [0.25, 0.3) is 0 Å². The maximum absolute atomic E-state index is 14.4. The largest absolute Gasteiger partial charge is 0.358 e. The predicted molar refractivity (Wildman–Crippen MR) is 97.0 cm³/mol. The van der Waals surface area contributed by atoms with Crippen molar-refractivity contribution in [2.45, 2.75) is 11.2 Å². The van der Waals surface area contributed by atoms with E-state index >= 15 is 0 Å². The molecule has 0 aliphatic carbocycles. The van der Waals surface area contributed by atoms with Crippen molar-refractivity contribution >= 4 is 43.1 Å². The van der Waals surface area contributed by atoms with Gasteiger partial charge >= 0.3 is 0 Å². The minimum Gasteiger partial charge on any atom is -0.358 e. The second-order valence-electron chi connectivity index (χ2n) is 5.14. The lowest BCUT2D eigenvalue weighted by Gasteiger charge is -2.29. The predicted octanol–water partition coefficient (Wildman–Crippen LogP) is 5.73. The number of hydrogen-bond donors (Lipinski definition) is 1. The van der Waals surface area contributed by atoms with E-state index in [1.54, 1.807) is 6.07 Å². The van der Waals surface area contributed by atoms with Crippen LogP contribution in [0, 0.1) is 5.82 Å². The fourth-order valence-corrected chi connectivity index (χ4v) is 3.55. The molecule has 1 aliphatic heterocycles. The lowest BCUT2D eigenvalue weighted by atomic mass is 9.91. The van der Waals surface area contributed by atoms with Crippen LogP contribution in [0.1, 0.15) is 17.5 Å². The molecule has 0 saturated heterocycles. The lowest BCUT2D eigenvalue weighted by molar-refractivity contribution is 0.621. The minimum absolute atomic E-state index is 0.122. The highest BCUT2D eigenvalue weighted by atomic mass is 79.9. The van der Waals surface area contributed by atoms with Gasteiger partial charge in [-0.1, -0.05) is 58.9 Å². The molecule has 0 radical (unpaired) electrons. The Morgan fingerprint density at radius 2 is 1.82 bits per heavy atom. The van der Waals surface area contributed by atoms with Crippen molar-refractivity contribution in [1.82, 2.24) is 5.32 Å². The van der Waals surface area contributed by atoms with Gasteiger partial charge in [0.05, 0.1) is 10.5 Å². The Hall–Kier alpha value is -1.39. The van der Waals surface area contributed by atoms with Gasteiger partial charge in [0.15, 0.2) is 0 Å². The molecule has 1 nitrogen and oxygen atoms in total. The van der Waals surface area contributed by atoms with Crippen molar-refractivity contribution in [2.75, 3.05) is 0 Å². The average Bonchev–Trinajstić information content (AvgIpc) is 2.51. The topological polar surface area (TPSA) is 12.0 Å². The Kier molecular flexibility index (Phi) is 4.50. The molecule has 2 aromatic carbocycles. The molecule has 1 heterocycles. The van der Waals surface area contributed by atoms with E-state index in [9.17, 15) is 4.39 Å². The Morgan fingerprint density at radius 3 is 2.50 bits per heavy atom. The van der Waals surface area contributed by atoms with Crippen LogP contribution in [0.5, 0.6) is 0 Å². The molecule has 1 N–H and O–H groups in total. The number of allylic oxidation sites excluding steroid dienone is 2. The van der Waals surface area contributed by atoms with E-state index in [-0.39, 0.29) is 10.6 Å². The summed E-state index contributed by atoms with van der Waals surface area (Å²) in [7, 11) is 0. The van der Waals surface area contributed by atoms with Crippen molar-refractivity contribution in [2.24, 2.45) is 0 Å². The monoisotopic (exact) mass is 421 g/mol. The first-order valence-electron chi connectivity index (χ1n) is 6.90. The van der Waals surface area contributed by atoms with Gasteiger partial charge in [0.1, 0.15) is 5.82 Å². The summed E-state index contributed by atoms with van der Waals surface area (Å²) in [5.41, 5.74) is 4.31. The normalized spacial score (nSPS) is 18.3. The van der Waals surface area contributed by atoms with Crippen LogP contribution in [-0.4, -0.2) is 4.83 Å². The third-order valence-electron chi connectivity index (χ3n) is 3.68. The summed E-state index contributed by atoms with van der Waals surface area (Å²) in [6.07, 6.45) is 0.756. The van der Waals surface area contributed by atoms with Gasteiger partial charge in [-0.3, -0.25) is 0 Å². The molecule has 112 valence electrons. The molecule has 1 atom stereocenters. The molecule has 22 heavy (non-hydrogen) atoms. The standard InChI is InChI=1S/C18H14Br2FN/c1-11-15(20)10-13(12-6-3-2-4-7-12)18(22-11)17-14(19)8-5-9-16(17)21/h2-9,15,22H,1,10H2. The highest BCUT2D eigenvalue weighted by Gasteiger charge is 2.26. The number of rotatable bonds is 2. The number of benzene rings is 2. The van der Waals surface area contributed by atoms with E-state index in [1.807, 2.05) is 36.4 Å². The molecule has 0 bridgehead atoms. The van der Waals surface area contributed by atoms with E-state index in [0.29, 0.717) is 5.56 Å². The Bertz CT molecular complexity index is 733. The van der Waals surface area contributed by atoms with Crippen LogP contribution in [-0.2, 0) is 0 Å². The molecule has 2 aromatic rings. The third-order valence-corrected chi connectivity index (χ3v) is 5.22. The van der Waals surface area contributed by atoms with Gasteiger partial charge in [0.2, 0.25) is 0 Å². The van der Waals surface area contributed by atoms with Crippen molar-refractivity contribution in [3.63, 3.8) is 0 Å². The molecule has 0 amide bonds. The van der Waals surface area contributed by atoms with E-state index in [4.69, 9.17) is 0 Å². The molecular formula is C18H14Br2FN. The van der Waals surface area contributed by atoms with Gasteiger partial charge in [-0.15, -0.1) is 0 Å². The molecule has 0 saturated carbocycles. The van der Waals surface area contributed by atoms with Gasteiger partial charge in [-0.2, -0.15) is 0 Å². The van der Waals surface area contributed by atoms with Crippen LogP contribution in [0.4, 0.5) is 4.39 Å². The zero-order chi connectivity index (χ0) is 15.7. The quantitative estimate of drug-likeness (QED) is 0.609. The maximum atomic E-state index is 14.4. The van der Waals surface area contributed by atoms with Crippen LogP contribution in [0.2, 0.25) is 0 Å². The zero-order valence-electron chi connectivity index (χ0n) is 11.7. The summed E-state index contributed by atoms with van der Waals surface area (Å²) in [6.45, 7) is 4.03. The first-order chi connectivity index (χ1) is 10.6. The van der Waals surface area contributed by atoms with Crippen LogP contribution in [0.15, 0.2) is 65.3 Å². The van der Waals surface area contributed by atoms with E-state index in [2.05, 4.69) is 43.8 Å². The second-order valence-corrected chi connectivity index (χ2v) is 7.10. The van der Waals surface area contributed by atoms with Gasteiger partial charge in [0, 0.05) is 15.7 Å². The fourth-order valence-electron chi connectivity index (χ4n) is 2.57. The molecular weight excluding hydrogens is 409 g/mol. The first-order valence-corrected chi connectivity index (χ1v) is 8.61. The summed E-state index contributed by atoms with van der Waals surface area (Å²) in [5, 5.41) is 3.28. The maximum Gasteiger partial charge on any atom is 0.133 e. The Balaban J connectivity index is 2.24. The second kappa shape index (κ2) is 6.39. The van der Waals surface area contributed by atoms with Crippen molar-refractivity contribution in [1.29, 1.82) is 0 Å². The highest BCUT2D eigenvalue weighted by Crippen LogP contribution is 2.39. The van der Waals surface area contributed by atoms with Crippen LogP contribution in [0.3, 0.4) is 0 Å². The van der Waals surface area contributed by atoms with E-state index < -0.39 is 0 Å². The minimum atomic E-state index is -0.258. The number of halogens is 3. The summed E-state index contributed by atoms with van der Waals surface area (Å²) in [5.74, 6) is -0.258. The van der Waals surface area contributed by atoms with E-state index in [0.717, 1.165) is 33.4 Å². The van der Waals surface area contributed by atoms with Gasteiger partial charge in [-0.05, 0) is 45.6 Å². The number of alkyl halides is 1. The molecule has 0 spiro atoms. The van der Waals surface area contributed by atoms with Crippen LogP contribution >= 0.6 is 31.9 Å².